The second-order valence-corrected chi connectivity index (χ2v) is 10.8. The number of piperazine rings is 1. The zero-order valence-corrected chi connectivity index (χ0v) is 22.5. The minimum Gasteiger partial charge on any atom is -0.391 e. The first-order valence-electron chi connectivity index (χ1n) is 13.3. The van der Waals surface area contributed by atoms with Gasteiger partial charge in [-0.05, 0) is 16.7 Å². The summed E-state index contributed by atoms with van der Waals surface area (Å²) in [6.45, 7) is 4.17. The molecule has 0 spiro atoms. The molecule has 0 amide bonds. The maximum absolute atomic E-state index is 10.9. The van der Waals surface area contributed by atoms with Gasteiger partial charge in [-0.3, -0.25) is 9.80 Å². The number of hydrogen-bond donors (Lipinski definition) is 2. The lowest BCUT2D eigenvalue weighted by Crippen LogP contribution is -2.57. The number of aromatic amines is 1. The fourth-order valence-electron chi connectivity index (χ4n) is 5.73. The molecule has 2 N–H and O–H groups in total. The molecule has 198 valence electrons. The van der Waals surface area contributed by atoms with Crippen LogP contribution in [0.1, 0.15) is 16.7 Å². The molecule has 2 aromatic heterocycles. The van der Waals surface area contributed by atoms with Gasteiger partial charge in [0.15, 0.2) is 5.65 Å². The summed E-state index contributed by atoms with van der Waals surface area (Å²) < 4.78 is 0. The van der Waals surface area contributed by atoms with E-state index >= 15 is 0 Å². The van der Waals surface area contributed by atoms with Gasteiger partial charge < -0.3 is 10.1 Å². The Bertz CT molecular complexity index is 1380. The Kier molecular flexibility index (Phi) is 7.69. The molecular formula is C31H32N6OS. The topological polar surface area (TPSA) is 81.2 Å². The normalized spacial score (nSPS) is 15.9. The first-order chi connectivity index (χ1) is 19.2. The van der Waals surface area contributed by atoms with Crippen LogP contribution in [0.3, 0.4) is 0 Å². The highest BCUT2D eigenvalue weighted by Crippen LogP contribution is 2.42. The van der Waals surface area contributed by atoms with Crippen molar-refractivity contribution in [1.29, 1.82) is 0 Å². The van der Waals surface area contributed by atoms with E-state index in [0.717, 1.165) is 36.7 Å². The van der Waals surface area contributed by atoms with Gasteiger partial charge in [-0.25, -0.2) is 15.0 Å². The number of nitrogens with zero attached hydrogens (tertiary/aromatic N) is 5. The van der Waals surface area contributed by atoms with Crippen LogP contribution < -0.4 is 0 Å². The average molecular weight is 537 g/mol. The van der Waals surface area contributed by atoms with Crippen molar-refractivity contribution in [1.82, 2.24) is 29.7 Å². The van der Waals surface area contributed by atoms with Gasteiger partial charge in [0, 0.05) is 38.5 Å². The number of benzene rings is 3. The highest BCUT2D eigenvalue weighted by Gasteiger charge is 2.43. The molecule has 0 radical (unpaired) electrons. The standard InChI is InChI=1S/C31H32N6OS/c38-27(21-39-30-28-29(33-22-32-28)34-23-35-30)20-36-16-18-37(19-17-36)31(24-10-4-1-5-11-24,25-12-6-2-7-13-25)26-14-8-3-9-15-26/h1-15,22-23,27,38H,16-21H2,(H,32,33,34,35). The van der Waals surface area contributed by atoms with Crippen LogP contribution in [0, 0.1) is 0 Å². The summed E-state index contributed by atoms with van der Waals surface area (Å²) in [5.74, 6) is 0.563. The quantitative estimate of drug-likeness (QED) is 0.164. The van der Waals surface area contributed by atoms with Crippen LogP contribution in [0.5, 0.6) is 0 Å². The van der Waals surface area contributed by atoms with Crippen LogP contribution in [0.15, 0.2) is 109 Å². The number of aliphatic hydroxyl groups excluding tert-OH is 1. The number of fused-ring (bicyclic) bond motifs is 1. The summed E-state index contributed by atoms with van der Waals surface area (Å²) in [6.07, 6.45) is 2.69. The smallest absolute Gasteiger partial charge is 0.181 e. The van der Waals surface area contributed by atoms with Gasteiger partial charge in [0.05, 0.1) is 18.0 Å². The van der Waals surface area contributed by atoms with E-state index in [9.17, 15) is 5.11 Å². The Labute approximate surface area is 233 Å². The van der Waals surface area contributed by atoms with Crippen molar-refractivity contribution in [3.05, 3.63) is 120 Å². The fraction of sp³-hybridized carbons (Fsp3) is 0.258. The van der Waals surface area contributed by atoms with E-state index < -0.39 is 11.6 Å². The van der Waals surface area contributed by atoms with E-state index in [4.69, 9.17) is 0 Å². The summed E-state index contributed by atoms with van der Waals surface area (Å²) in [5, 5.41) is 11.7. The predicted molar refractivity (Wildman–Crippen MR) is 156 cm³/mol. The lowest BCUT2D eigenvalue weighted by molar-refractivity contribution is 0.0486. The number of rotatable bonds is 9. The minimum atomic E-state index is -0.461. The molecule has 1 aliphatic rings. The summed E-state index contributed by atoms with van der Waals surface area (Å²) in [5.41, 5.74) is 4.87. The molecule has 1 saturated heterocycles. The molecule has 6 rings (SSSR count). The highest BCUT2D eigenvalue weighted by molar-refractivity contribution is 7.99. The number of thioether (sulfide) groups is 1. The lowest BCUT2D eigenvalue weighted by atomic mass is 9.75. The van der Waals surface area contributed by atoms with Gasteiger partial charge in [0.25, 0.3) is 0 Å². The van der Waals surface area contributed by atoms with E-state index in [1.54, 1.807) is 6.33 Å². The second-order valence-electron chi connectivity index (χ2n) is 9.84. The van der Waals surface area contributed by atoms with E-state index in [0.29, 0.717) is 17.9 Å². The van der Waals surface area contributed by atoms with Gasteiger partial charge in [0.1, 0.15) is 16.9 Å². The number of imidazole rings is 1. The maximum atomic E-state index is 10.9. The average Bonchev–Trinajstić information content (AvgIpc) is 3.49. The van der Waals surface area contributed by atoms with E-state index in [2.05, 4.69) is 121 Å². The van der Waals surface area contributed by atoms with Crippen molar-refractivity contribution in [2.45, 2.75) is 16.7 Å². The van der Waals surface area contributed by atoms with Crippen LogP contribution in [0.25, 0.3) is 11.2 Å². The van der Waals surface area contributed by atoms with Gasteiger partial charge in [-0.1, -0.05) is 91.0 Å². The van der Waals surface area contributed by atoms with Crippen LogP contribution in [-0.2, 0) is 5.54 Å². The van der Waals surface area contributed by atoms with E-state index in [1.807, 2.05) is 0 Å². The molecule has 0 aliphatic carbocycles. The monoisotopic (exact) mass is 536 g/mol. The summed E-state index contributed by atoms with van der Waals surface area (Å²) in [4.78, 5) is 20.8. The number of nitrogens with one attached hydrogen (secondary N) is 1. The van der Waals surface area contributed by atoms with Gasteiger partial charge in [-0.2, -0.15) is 0 Å². The molecule has 0 bridgehead atoms. The van der Waals surface area contributed by atoms with Gasteiger partial charge in [0.2, 0.25) is 0 Å². The van der Waals surface area contributed by atoms with Crippen LogP contribution >= 0.6 is 11.8 Å². The molecule has 5 aromatic rings. The number of H-pyrrole nitrogens is 1. The van der Waals surface area contributed by atoms with Crippen molar-refractivity contribution in [2.75, 3.05) is 38.5 Å². The van der Waals surface area contributed by atoms with Crippen molar-refractivity contribution in [3.8, 4) is 0 Å². The Balaban J connectivity index is 1.20. The zero-order chi connectivity index (χ0) is 26.5. The molecule has 39 heavy (non-hydrogen) atoms. The molecule has 1 aliphatic heterocycles. The summed E-state index contributed by atoms with van der Waals surface area (Å²) in [7, 11) is 0. The number of aliphatic hydroxyl groups is 1. The molecule has 1 atom stereocenters. The minimum absolute atomic E-state index is 0.396. The molecule has 8 heteroatoms. The maximum Gasteiger partial charge on any atom is 0.181 e. The SMILES string of the molecule is OC(CSc1ncnc2nc[nH]c12)CN1CCN(C(c2ccccc2)(c2ccccc2)c2ccccc2)CC1. The Hall–Kier alpha value is -3.56. The van der Waals surface area contributed by atoms with Crippen LogP contribution in [0.2, 0.25) is 0 Å². The van der Waals surface area contributed by atoms with Crippen molar-refractivity contribution in [2.24, 2.45) is 0 Å². The fourth-order valence-corrected chi connectivity index (χ4v) is 6.60. The molecule has 7 nitrogen and oxygen atoms in total. The van der Waals surface area contributed by atoms with Gasteiger partial charge in [-0.15, -0.1) is 11.8 Å². The second kappa shape index (κ2) is 11.7. The Morgan fingerprint density at radius 2 is 1.33 bits per heavy atom. The largest absolute Gasteiger partial charge is 0.391 e. The third-order valence-electron chi connectivity index (χ3n) is 7.49. The number of hydrogen-bond acceptors (Lipinski definition) is 7. The third-order valence-corrected chi connectivity index (χ3v) is 8.63. The molecule has 1 fully saturated rings. The number of β-amino-alcohol motifs (C(OH)–C–C–N with tert-alkyl or cyclic N) is 1. The Morgan fingerprint density at radius 1 is 0.769 bits per heavy atom. The summed E-state index contributed by atoms with van der Waals surface area (Å²) >= 11 is 1.54. The molecule has 0 saturated carbocycles. The van der Waals surface area contributed by atoms with Gasteiger partial charge >= 0.3 is 0 Å². The van der Waals surface area contributed by atoms with Crippen molar-refractivity contribution < 1.29 is 5.11 Å². The molecule has 1 unspecified atom stereocenters. The van der Waals surface area contributed by atoms with Crippen LogP contribution in [-0.4, -0.2) is 79.4 Å². The molecule has 3 heterocycles. The molecular weight excluding hydrogens is 504 g/mol. The zero-order valence-electron chi connectivity index (χ0n) is 21.7. The Morgan fingerprint density at radius 3 is 1.90 bits per heavy atom. The molecule has 3 aromatic carbocycles. The first kappa shape index (κ1) is 25.7. The van der Waals surface area contributed by atoms with Crippen molar-refractivity contribution >= 4 is 22.9 Å². The van der Waals surface area contributed by atoms with Crippen LogP contribution in [0.4, 0.5) is 0 Å². The summed E-state index contributed by atoms with van der Waals surface area (Å²) in [6, 6.07) is 32.5. The van der Waals surface area contributed by atoms with E-state index in [1.165, 1.54) is 34.8 Å². The number of aromatic nitrogens is 4. The third kappa shape index (κ3) is 5.21. The van der Waals surface area contributed by atoms with Crippen molar-refractivity contribution in [3.63, 3.8) is 0 Å². The lowest BCUT2D eigenvalue weighted by Gasteiger charge is -2.49. The predicted octanol–water partition coefficient (Wildman–Crippen LogP) is 4.42. The highest BCUT2D eigenvalue weighted by atomic mass is 32.2. The van der Waals surface area contributed by atoms with E-state index in [-0.39, 0.29) is 0 Å². The first-order valence-corrected chi connectivity index (χ1v) is 14.3.